The lowest BCUT2D eigenvalue weighted by molar-refractivity contribution is 0.0639. The quantitative estimate of drug-likeness (QED) is 0.905. The van der Waals surface area contributed by atoms with Gasteiger partial charge < -0.3 is 5.73 Å². The van der Waals surface area contributed by atoms with Crippen LogP contribution in [-0.2, 0) is 6.42 Å². The van der Waals surface area contributed by atoms with Crippen molar-refractivity contribution in [3.8, 4) is 0 Å². The Bertz CT molecular complexity index is 353. The molecule has 0 fully saturated rings. The molecule has 1 atom stereocenters. The minimum atomic E-state index is -2.61. The summed E-state index contributed by atoms with van der Waals surface area (Å²) in [5.74, 6) is -0.422. The summed E-state index contributed by atoms with van der Waals surface area (Å²) in [5.41, 5.74) is 4.41. The van der Waals surface area contributed by atoms with E-state index in [2.05, 4.69) is 15.9 Å². The van der Waals surface area contributed by atoms with Crippen molar-refractivity contribution in [2.45, 2.75) is 25.3 Å². The number of halogens is 4. The Kier molecular flexibility index (Phi) is 3.78. The highest BCUT2D eigenvalue weighted by molar-refractivity contribution is 9.10. The van der Waals surface area contributed by atoms with Crippen LogP contribution in [0, 0.1) is 5.82 Å². The number of hydrogen-bond acceptors (Lipinski definition) is 1. The minimum Gasteiger partial charge on any atom is -0.320 e. The zero-order valence-corrected chi connectivity index (χ0v) is 9.69. The molecule has 0 aliphatic carbocycles. The van der Waals surface area contributed by atoms with Crippen molar-refractivity contribution in [1.29, 1.82) is 0 Å². The number of nitrogens with two attached hydrogens (primary N) is 1. The molecule has 0 heterocycles. The molecule has 0 amide bonds. The third-order valence-corrected chi connectivity index (χ3v) is 2.68. The molecule has 5 heteroatoms. The third kappa shape index (κ3) is 3.21. The van der Waals surface area contributed by atoms with Crippen molar-refractivity contribution < 1.29 is 13.2 Å². The van der Waals surface area contributed by atoms with Crippen LogP contribution in [0.1, 0.15) is 12.5 Å². The second-order valence-corrected chi connectivity index (χ2v) is 4.59. The van der Waals surface area contributed by atoms with Crippen LogP contribution in [0.2, 0.25) is 0 Å². The second-order valence-electron chi connectivity index (χ2n) is 3.73. The SMILES string of the molecule is CC(N)(Cc1ccc(F)c(Br)c1)C(F)F. The Labute approximate surface area is 94.6 Å². The van der Waals surface area contributed by atoms with Crippen molar-refractivity contribution in [3.05, 3.63) is 34.1 Å². The van der Waals surface area contributed by atoms with Crippen molar-refractivity contribution in [2.75, 3.05) is 0 Å². The van der Waals surface area contributed by atoms with Crippen LogP contribution >= 0.6 is 15.9 Å². The molecular formula is C10H11BrF3N. The second kappa shape index (κ2) is 4.53. The highest BCUT2D eigenvalue weighted by atomic mass is 79.9. The summed E-state index contributed by atoms with van der Waals surface area (Å²) in [6, 6.07) is 4.14. The summed E-state index contributed by atoms with van der Waals surface area (Å²) in [6.07, 6.45) is -2.61. The first-order valence-electron chi connectivity index (χ1n) is 4.34. The van der Waals surface area contributed by atoms with Gasteiger partial charge in [-0.2, -0.15) is 0 Å². The average Bonchev–Trinajstić information content (AvgIpc) is 2.10. The first-order chi connectivity index (χ1) is 6.83. The average molecular weight is 282 g/mol. The Morgan fingerprint density at radius 2 is 2.07 bits per heavy atom. The van der Waals surface area contributed by atoms with E-state index in [9.17, 15) is 13.2 Å². The molecule has 1 nitrogen and oxygen atoms in total. The van der Waals surface area contributed by atoms with Gasteiger partial charge >= 0.3 is 0 Å². The first kappa shape index (κ1) is 12.5. The minimum absolute atomic E-state index is 0.00352. The van der Waals surface area contributed by atoms with Crippen LogP contribution in [0.4, 0.5) is 13.2 Å². The molecule has 0 spiro atoms. The van der Waals surface area contributed by atoms with Gasteiger partial charge in [0, 0.05) is 0 Å². The van der Waals surface area contributed by atoms with E-state index in [4.69, 9.17) is 5.73 Å². The van der Waals surface area contributed by atoms with Crippen molar-refractivity contribution >= 4 is 15.9 Å². The van der Waals surface area contributed by atoms with Gasteiger partial charge in [-0.25, -0.2) is 13.2 Å². The number of hydrogen-bond donors (Lipinski definition) is 1. The normalized spacial score (nSPS) is 15.4. The molecule has 0 aliphatic heterocycles. The fourth-order valence-electron chi connectivity index (χ4n) is 1.17. The molecule has 2 N–H and O–H groups in total. The van der Waals surface area contributed by atoms with Gasteiger partial charge in [0.2, 0.25) is 0 Å². The molecule has 0 radical (unpaired) electrons. The van der Waals surface area contributed by atoms with E-state index in [-0.39, 0.29) is 10.9 Å². The van der Waals surface area contributed by atoms with Crippen molar-refractivity contribution in [2.24, 2.45) is 5.73 Å². The number of rotatable bonds is 3. The molecule has 1 rings (SSSR count). The smallest absolute Gasteiger partial charge is 0.256 e. The summed E-state index contributed by atoms with van der Waals surface area (Å²) in [6.45, 7) is 1.27. The van der Waals surface area contributed by atoms with Crippen LogP contribution in [-0.4, -0.2) is 12.0 Å². The fraction of sp³-hybridized carbons (Fsp3) is 0.400. The van der Waals surface area contributed by atoms with Crippen LogP contribution in [0.25, 0.3) is 0 Å². The van der Waals surface area contributed by atoms with Crippen molar-refractivity contribution in [3.63, 3.8) is 0 Å². The van der Waals surface area contributed by atoms with Crippen molar-refractivity contribution in [1.82, 2.24) is 0 Å². The molecule has 1 aromatic carbocycles. The monoisotopic (exact) mass is 281 g/mol. The third-order valence-electron chi connectivity index (χ3n) is 2.07. The maximum atomic E-state index is 12.9. The summed E-state index contributed by atoms with van der Waals surface area (Å²) in [5, 5.41) is 0. The highest BCUT2D eigenvalue weighted by Crippen LogP contribution is 2.22. The molecule has 0 bridgehead atoms. The van der Waals surface area contributed by atoms with Crippen LogP contribution < -0.4 is 5.73 Å². The van der Waals surface area contributed by atoms with Crippen LogP contribution in [0.3, 0.4) is 0 Å². The van der Waals surface area contributed by atoms with E-state index in [1.54, 1.807) is 0 Å². The van der Waals surface area contributed by atoms with E-state index >= 15 is 0 Å². The van der Waals surface area contributed by atoms with Gasteiger partial charge in [0.05, 0.1) is 10.0 Å². The van der Waals surface area contributed by atoms with Gasteiger partial charge in [0.1, 0.15) is 5.82 Å². The molecule has 1 unspecified atom stereocenters. The Morgan fingerprint density at radius 3 is 2.53 bits per heavy atom. The van der Waals surface area contributed by atoms with Crippen LogP contribution in [0.15, 0.2) is 22.7 Å². The van der Waals surface area contributed by atoms with Crippen LogP contribution in [0.5, 0.6) is 0 Å². The molecule has 0 aromatic heterocycles. The van der Waals surface area contributed by atoms with E-state index in [0.29, 0.717) is 5.56 Å². The largest absolute Gasteiger partial charge is 0.320 e. The summed E-state index contributed by atoms with van der Waals surface area (Å²) in [4.78, 5) is 0. The van der Waals surface area contributed by atoms with E-state index in [0.717, 1.165) is 0 Å². The Morgan fingerprint density at radius 1 is 1.47 bits per heavy atom. The molecule has 84 valence electrons. The molecule has 0 aliphatic rings. The topological polar surface area (TPSA) is 26.0 Å². The maximum absolute atomic E-state index is 12.9. The van der Waals surface area contributed by atoms with Gasteiger partial charge in [0.25, 0.3) is 6.43 Å². The Balaban J connectivity index is 2.86. The fourth-order valence-corrected chi connectivity index (χ4v) is 1.59. The molecule has 0 saturated carbocycles. The van der Waals surface area contributed by atoms with E-state index in [1.165, 1.54) is 25.1 Å². The predicted octanol–water partition coefficient (Wildman–Crippen LogP) is 3.11. The first-order valence-corrected chi connectivity index (χ1v) is 5.13. The van der Waals surface area contributed by atoms with Gasteiger partial charge in [-0.15, -0.1) is 0 Å². The lowest BCUT2D eigenvalue weighted by Crippen LogP contribution is -2.45. The van der Waals surface area contributed by atoms with Gasteiger partial charge in [-0.1, -0.05) is 6.07 Å². The summed E-state index contributed by atoms with van der Waals surface area (Å²) >= 11 is 2.99. The Hall–Kier alpha value is -0.550. The molecule has 0 saturated heterocycles. The lowest BCUT2D eigenvalue weighted by Gasteiger charge is -2.23. The molecule has 15 heavy (non-hydrogen) atoms. The van der Waals surface area contributed by atoms with E-state index in [1.807, 2.05) is 0 Å². The zero-order valence-electron chi connectivity index (χ0n) is 8.11. The molecule has 1 aromatic rings. The zero-order chi connectivity index (χ0) is 11.6. The summed E-state index contributed by atoms with van der Waals surface area (Å²) in [7, 11) is 0. The lowest BCUT2D eigenvalue weighted by atomic mass is 9.94. The highest BCUT2D eigenvalue weighted by Gasteiger charge is 2.30. The van der Waals surface area contributed by atoms with Gasteiger partial charge in [-0.05, 0) is 47.0 Å². The summed E-state index contributed by atoms with van der Waals surface area (Å²) < 4.78 is 38.1. The number of benzene rings is 1. The van der Waals surface area contributed by atoms with Gasteiger partial charge in [-0.3, -0.25) is 0 Å². The number of alkyl halides is 2. The predicted molar refractivity (Wildman–Crippen MR) is 56.4 cm³/mol. The maximum Gasteiger partial charge on any atom is 0.256 e. The standard InChI is InChI=1S/C10H11BrF3N/c1-10(15,9(13)14)5-6-2-3-8(12)7(11)4-6/h2-4,9H,5,15H2,1H3. The van der Waals surface area contributed by atoms with E-state index < -0.39 is 17.8 Å². The molecular weight excluding hydrogens is 271 g/mol. The van der Waals surface area contributed by atoms with Gasteiger partial charge in [0.15, 0.2) is 0 Å².